The summed E-state index contributed by atoms with van der Waals surface area (Å²) < 4.78 is 43.7. The zero-order chi connectivity index (χ0) is 21.3. The molecule has 2 fully saturated rings. The first-order chi connectivity index (χ1) is 14.3. The lowest BCUT2D eigenvalue weighted by Gasteiger charge is -2.21. The van der Waals surface area contributed by atoms with Crippen LogP contribution < -0.4 is 16.1 Å². The van der Waals surface area contributed by atoms with Gasteiger partial charge in [0, 0.05) is 37.2 Å². The third-order valence-corrected chi connectivity index (χ3v) is 5.98. The number of nitrogens with zero attached hydrogens (tertiary/aromatic N) is 3. The summed E-state index contributed by atoms with van der Waals surface area (Å²) in [4.78, 5) is 30.1. The summed E-state index contributed by atoms with van der Waals surface area (Å²) in [7, 11) is 0. The average molecular weight is 417 g/mol. The molecule has 0 bridgehead atoms. The highest BCUT2D eigenvalue weighted by Crippen LogP contribution is 2.44. The van der Waals surface area contributed by atoms with Gasteiger partial charge in [-0.15, -0.1) is 0 Å². The number of piperidine rings is 1. The molecule has 3 heterocycles. The molecule has 0 spiro atoms. The fraction of sp³-hybridized carbons (Fsp3) is 0.250. The molecular weight excluding hydrogens is 401 g/mol. The number of anilines is 1. The van der Waals surface area contributed by atoms with Crippen molar-refractivity contribution in [1.29, 1.82) is 0 Å². The Balaban J connectivity index is 1.76. The molecule has 2 aromatic heterocycles. The highest BCUT2D eigenvalue weighted by atomic mass is 19.1. The molecule has 2 aliphatic rings. The molecule has 1 saturated heterocycles. The van der Waals surface area contributed by atoms with Crippen LogP contribution in [0.1, 0.15) is 10.4 Å². The molecule has 3 atom stereocenters. The van der Waals surface area contributed by atoms with E-state index in [9.17, 15) is 27.9 Å². The van der Waals surface area contributed by atoms with Gasteiger partial charge in [-0.2, -0.15) is 0 Å². The number of quaternary nitrogens is 1. The van der Waals surface area contributed by atoms with Gasteiger partial charge in [0.25, 0.3) is 0 Å². The summed E-state index contributed by atoms with van der Waals surface area (Å²) in [5.74, 6) is -3.41. The van der Waals surface area contributed by atoms with E-state index in [0.717, 1.165) is 29.0 Å². The quantitative estimate of drug-likeness (QED) is 0.666. The zero-order valence-corrected chi connectivity index (χ0v) is 15.5. The second-order valence-corrected chi connectivity index (χ2v) is 7.70. The Hall–Kier alpha value is -3.40. The second kappa shape index (κ2) is 6.30. The molecule has 10 heteroatoms. The molecular formula is C20H16F3N4O3+. The van der Waals surface area contributed by atoms with Gasteiger partial charge in [0.15, 0.2) is 17.3 Å². The maximum atomic E-state index is 14.9. The topological polar surface area (TPSA) is 103 Å². The lowest BCUT2D eigenvalue weighted by Crippen LogP contribution is -2.57. The molecule has 154 valence electrons. The number of aromatic nitrogens is 2. The number of carboxylic acid groups (broad SMARTS) is 1. The number of rotatable bonds is 3. The lowest BCUT2D eigenvalue weighted by molar-refractivity contribution is -0.393. The van der Waals surface area contributed by atoms with Gasteiger partial charge in [-0.25, -0.2) is 22.9 Å². The van der Waals surface area contributed by atoms with E-state index in [1.54, 1.807) is 4.90 Å². The maximum absolute atomic E-state index is 14.9. The number of halogens is 3. The van der Waals surface area contributed by atoms with E-state index in [2.05, 4.69) is 10.7 Å². The Kier molecular flexibility index (Phi) is 3.91. The van der Waals surface area contributed by atoms with Gasteiger partial charge in [0.2, 0.25) is 5.43 Å². The molecule has 0 amide bonds. The van der Waals surface area contributed by atoms with Crippen LogP contribution in [0.4, 0.5) is 19.0 Å². The first-order valence-corrected chi connectivity index (χ1v) is 9.29. The number of aromatic carboxylic acids is 1. The highest BCUT2D eigenvalue weighted by Gasteiger charge is 2.57. The SMILES string of the molecule is [NH3+]C1[C@H]2CN(c3nc4c(cc3F)c(=O)c(C(=O)O)cn4-c3ccc(F)cc3F)C[C@@H]12. The van der Waals surface area contributed by atoms with Crippen molar-refractivity contribution < 1.29 is 28.8 Å². The normalized spacial score (nSPS) is 22.4. The summed E-state index contributed by atoms with van der Waals surface area (Å²) >= 11 is 0. The molecule has 7 nitrogen and oxygen atoms in total. The monoisotopic (exact) mass is 417 g/mol. The van der Waals surface area contributed by atoms with Crippen LogP contribution in [-0.2, 0) is 0 Å². The molecule has 3 aromatic rings. The van der Waals surface area contributed by atoms with E-state index in [1.165, 1.54) is 0 Å². The number of carboxylic acids is 1. The first-order valence-electron chi connectivity index (χ1n) is 9.29. The van der Waals surface area contributed by atoms with Gasteiger partial charge in [-0.3, -0.25) is 9.36 Å². The van der Waals surface area contributed by atoms with Crippen molar-refractivity contribution in [2.45, 2.75) is 6.04 Å². The van der Waals surface area contributed by atoms with E-state index in [4.69, 9.17) is 0 Å². The highest BCUT2D eigenvalue weighted by molar-refractivity contribution is 5.92. The minimum absolute atomic E-state index is 0.000597. The van der Waals surface area contributed by atoms with Crippen LogP contribution in [0.15, 0.2) is 35.3 Å². The smallest absolute Gasteiger partial charge is 0.341 e. The van der Waals surface area contributed by atoms with Crippen LogP contribution in [-0.4, -0.2) is 39.8 Å². The van der Waals surface area contributed by atoms with Crippen LogP contribution >= 0.6 is 0 Å². The summed E-state index contributed by atoms with van der Waals surface area (Å²) in [5.41, 5.74) is 2.09. The van der Waals surface area contributed by atoms with Crippen molar-refractivity contribution in [2.24, 2.45) is 11.8 Å². The largest absolute Gasteiger partial charge is 0.477 e. The Morgan fingerprint density at radius 2 is 1.83 bits per heavy atom. The predicted octanol–water partition coefficient (Wildman–Crippen LogP) is 1.18. The molecule has 1 aromatic carbocycles. The average Bonchev–Trinajstić information content (AvgIpc) is 3.10. The first kappa shape index (κ1) is 18.6. The number of benzene rings is 1. The van der Waals surface area contributed by atoms with Crippen LogP contribution in [0.3, 0.4) is 0 Å². The minimum Gasteiger partial charge on any atom is -0.477 e. The summed E-state index contributed by atoms with van der Waals surface area (Å²) in [6.45, 7) is 1.13. The van der Waals surface area contributed by atoms with E-state index < -0.39 is 34.4 Å². The number of hydrogen-bond acceptors (Lipinski definition) is 4. The molecule has 1 aliphatic heterocycles. The summed E-state index contributed by atoms with van der Waals surface area (Å²) in [6.07, 6.45) is 0.922. The second-order valence-electron chi connectivity index (χ2n) is 7.70. The summed E-state index contributed by atoms with van der Waals surface area (Å²) in [5, 5.41) is 9.06. The molecule has 1 unspecified atom stereocenters. The standard InChI is InChI=1S/C20H15F3N4O3/c21-8-1-2-15(13(22)3-8)27-7-12(20(29)30)17(28)9-4-14(23)19(25-18(9)27)26-5-10-11(6-26)16(10)24/h1-4,7,10-11,16H,5-6,24H2,(H,29,30)/p+1/t10-,11+,16?. The van der Waals surface area contributed by atoms with E-state index in [-0.39, 0.29) is 22.5 Å². The Morgan fingerprint density at radius 1 is 1.13 bits per heavy atom. The minimum atomic E-state index is -1.55. The van der Waals surface area contributed by atoms with Crippen molar-refractivity contribution in [2.75, 3.05) is 18.0 Å². The van der Waals surface area contributed by atoms with Crippen LogP contribution in [0.2, 0.25) is 0 Å². The van der Waals surface area contributed by atoms with Crippen molar-refractivity contribution in [3.05, 3.63) is 63.7 Å². The Bertz CT molecular complexity index is 1280. The van der Waals surface area contributed by atoms with Crippen molar-refractivity contribution >= 4 is 22.8 Å². The molecule has 4 N–H and O–H groups in total. The van der Waals surface area contributed by atoms with Gasteiger partial charge < -0.3 is 15.7 Å². The van der Waals surface area contributed by atoms with E-state index >= 15 is 0 Å². The van der Waals surface area contributed by atoms with Crippen molar-refractivity contribution in [3.63, 3.8) is 0 Å². The van der Waals surface area contributed by atoms with Gasteiger partial charge >= 0.3 is 5.97 Å². The van der Waals surface area contributed by atoms with Crippen LogP contribution in [0, 0.1) is 29.3 Å². The zero-order valence-electron chi connectivity index (χ0n) is 15.5. The Morgan fingerprint density at radius 3 is 2.47 bits per heavy atom. The van der Waals surface area contributed by atoms with E-state index in [0.29, 0.717) is 37.0 Å². The third kappa shape index (κ3) is 2.67. The number of fused-ring (bicyclic) bond motifs is 2. The fourth-order valence-corrected chi connectivity index (χ4v) is 4.27. The Labute approximate surface area is 167 Å². The van der Waals surface area contributed by atoms with Crippen molar-refractivity contribution in [1.82, 2.24) is 9.55 Å². The number of hydrogen-bond donors (Lipinski definition) is 2. The lowest BCUT2D eigenvalue weighted by atomic mass is 10.1. The third-order valence-electron chi connectivity index (χ3n) is 5.98. The maximum Gasteiger partial charge on any atom is 0.341 e. The number of pyridine rings is 2. The van der Waals surface area contributed by atoms with Crippen molar-refractivity contribution in [3.8, 4) is 5.69 Å². The molecule has 30 heavy (non-hydrogen) atoms. The number of carbonyl (C=O) groups is 1. The fourth-order valence-electron chi connectivity index (χ4n) is 4.27. The molecule has 1 saturated carbocycles. The van der Waals surface area contributed by atoms with Gasteiger partial charge in [-0.05, 0) is 18.2 Å². The summed E-state index contributed by atoms with van der Waals surface area (Å²) in [6, 6.07) is 3.98. The van der Waals surface area contributed by atoms with Gasteiger partial charge in [0.1, 0.15) is 17.2 Å². The van der Waals surface area contributed by atoms with Gasteiger partial charge in [0.05, 0.1) is 17.1 Å². The van der Waals surface area contributed by atoms with Gasteiger partial charge in [-0.1, -0.05) is 0 Å². The van der Waals surface area contributed by atoms with Crippen LogP contribution in [0.25, 0.3) is 16.7 Å². The molecule has 5 rings (SSSR count). The molecule has 1 aliphatic carbocycles. The molecule has 0 radical (unpaired) electrons. The van der Waals surface area contributed by atoms with E-state index in [1.807, 2.05) is 0 Å². The predicted molar refractivity (Wildman–Crippen MR) is 100 cm³/mol. The van der Waals surface area contributed by atoms with Crippen LogP contribution in [0.5, 0.6) is 0 Å².